The monoisotopic (exact) mass is 286 g/mol. The zero-order valence-corrected chi connectivity index (χ0v) is 11.6. The van der Waals surface area contributed by atoms with Crippen molar-refractivity contribution in [2.75, 3.05) is 0 Å². The average molecular weight is 287 g/mol. The van der Waals surface area contributed by atoms with E-state index in [1.807, 2.05) is 18.4 Å². The van der Waals surface area contributed by atoms with Gasteiger partial charge in [0.05, 0.1) is 15.7 Å². The molecule has 2 rings (SSSR count). The lowest BCUT2D eigenvalue weighted by Gasteiger charge is -2.02. The molecular weight excluding hydrogens is 275 g/mol. The maximum atomic E-state index is 6.13. The van der Waals surface area contributed by atoms with Gasteiger partial charge in [0.1, 0.15) is 0 Å². The molecule has 0 saturated heterocycles. The minimum absolute atomic E-state index is 0.115. The summed E-state index contributed by atoms with van der Waals surface area (Å²) in [6.07, 6.45) is 0.781. The fourth-order valence-electron chi connectivity index (χ4n) is 1.50. The Balaban J connectivity index is 2.33. The summed E-state index contributed by atoms with van der Waals surface area (Å²) in [5.74, 6) is 0. The van der Waals surface area contributed by atoms with Gasteiger partial charge >= 0.3 is 0 Å². The molecule has 0 amide bonds. The summed E-state index contributed by atoms with van der Waals surface area (Å²) >= 11 is 13.7. The number of halogens is 2. The Morgan fingerprint density at radius 3 is 2.88 bits per heavy atom. The molecule has 1 heterocycles. The Bertz CT molecular complexity index is 523. The van der Waals surface area contributed by atoms with Gasteiger partial charge in [-0.2, -0.15) is 0 Å². The van der Waals surface area contributed by atoms with E-state index in [9.17, 15) is 0 Å². The van der Waals surface area contributed by atoms with Crippen molar-refractivity contribution in [1.29, 1.82) is 0 Å². The molecule has 17 heavy (non-hydrogen) atoms. The van der Waals surface area contributed by atoms with Crippen LogP contribution in [-0.4, -0.2) is 11.0 Å². The van der Waals surface area contributed by atoms with Gasteiger partial charge in [-0.05, 0) is 25.1 Å². The molecule has 0 saturated carbocycles. The summed E-state index contributed by atoms with van der Waals surface area (Å²) in [4.78, 5) is 4.52. The number of hydrogen-bond acceptors (Lipinski definition) is 3. The zero-order valence-electron chi connectivity index (χ0n) is 9.28. The molecule has 0 spiro atoms. The minimum Gasteiger partial charge on any atom is -0.328 e. The van der Waals surface area contributed by atoms with Gasteiger partial charge in [-0.15, -0.1) is 11.3 Å². The third kappa shape index (κ3) is 3.19. The Morgan fingerprint density at radius 1 is 1.41 bits per heavy atom. The van der Waals surface area contributed by atoms with Crippen LogP contribution in [0.15, 0.2) is 23.6 Å². The molecule has 0 fully saturated rings. The van der Waals surface area contributed by atoms with Crippen LogP contribution in [-0.2, 0) is 6.42 Å². The fourth-order valence-corrected chi connectivity index (χ4v) is 2.82. The molecule has 2 N–H and O–H groups in total. The van der Waals surface area contributed by atoms with Crippen LogP contribution < -0.4 is 5.73 Å². The number of benzene rings is 1. The second-order valence-corrected chi connectivity index (χ2v) is 5.72. The summed E-state index contributed by atoms with van der Waals surface area (Å²) in [5, 5.41) is 4.32. The van der Waals surface area contributed by atoms with Gasteiger partial charge in [-0.3, -0.25) is 0 Å². The van der Waals surface area contributed by atoms with Crippen LogP contribution in [0.5, 0.6) is 0 Å². The van der Waals surface area contributed by atoms with Gasteiger partial charge < -0.3 is 5.73 Å². The highest BCUT2D eigenvalue weighted by Crippen LogP contribution is 2.31. The molecule has 0 aliphatic carbocycles. The number of aromatic nitrogens is 1. The standard InChI is InChI=1S/C12H12Cl2N2S/c1-7(15)4-12-16-11(6-17-12)9-5-8(13)2-3-10(9)14/h2-3,5-7H,4,15H2,1H3. The van der Waals surface area contributed by atoms with Crippen molar-refractivity contribution < 1.29 is 0 Å². The van der Waals surface area contributed by atoms with Crippen LogP contribution in [0.3, 0.4) is 0 Å². The van der Waals surface area contributed by atoms with E-state index in [1.54, 1.807) is 23.5 Å². The normalized spacial score (nSPS) is 12.7. The highest BCUT2D eigenvalue weighted by molar-refractivity contribution is 7.10. The second-order valence-electron chi connectivity index (χ2n) is 3.93. The Labute approximate surface area is 114 Å². The number of nitrogens with two attached hydrogens (primary N) is 1. The van der Waals surface area contributed by atoms with Crippen molar-refractivity contribution >= 4 is 34.5 Å². The SMILES string of the molecule is CC(N)Cc1nc(-c2cc(Cl)ccc2Cl)cs1. The molecule has 0 aliphatic heterocycles. The molecule has 0 bridgehead atoms. The van der Waals surface area contributed by atoms with Crippen LogP contribution in [0.25, 0.3) is 11.3 Å². The second kappa shape index (κ2) is 5.36. The molecule has 0 aliphatic rings. The van der Waals surface area contributed by atoms with Crippen molar-refractivity contribution in [2.45, 2.75) is 19.4 Å². The van der Waals surface area contributed by atoms with E-state index in [4.69, 9.17) is 28.9 Å². The predicted octanol–water partition coefficient (Wildman–Crippen LogP) is 4.01. The predicted molar refractivity (Wildman–Crippen MR) is 74.9 cm³/mol. The number of nitrogens with zero attached hydrogens (tertiary/aromatic N) is 1. The molecule has 1 aromatic heterocycles. The van der Waals surface area contributed by atoms with E-state index in [-0.39, 0.29) is 6.04 Å². The summed E-state index contributed by atoms with van der Waals surface area (Å²) in [7, 11) is 0. The van der Waals surface area contributed by atoms with Crippen LogP contribution in [0.2, 0.25) is 10.0 Å². The van der Waals surface area contributed by atoms with Crippen molar-refractivity contribution in [3.63, 3.8) is 0 Å². The number of rotatable bonds is 3. The zero-order chi connectivity index (χ0) is 12.4. The maximum Gasteiger partial charge on any atom is 0.0947 e. The van der Waals surface area contributed by atoms with Gasteiger partial charge in [0.25, 0.3) is 0 Å². The van der Waals surface area contributed by atoms with E-state index < -0.39 is 0 Å². The molecule has 1 aromatic carbocycles. The highest BCUT2D eigenvalue weighted by atomic mass is 35.5. The lowest BCUT2D eigenvalue weighted by Crippen LogP contribution is -2.17. The number of thiazole rings is 1. The van der Waals surface area contributed by atoms with E-state index in [0.717, 1.165) is 22.7 Å². The van der Waals surface area contributed by atoms with Gasteiger partial charge in [0.2, 0.25) is 0 Å². The summed E-state index contributed by atoms with van der Waals surface area (Å²) in [6, 6.07) is 5.49. The first kappa shape index (κ1) is 12.8. The van der Waals surface area contributed by atoms with E-state index >= 15 is 0 Å². The van der Waals surface area contributed by atoms with E-state index in [1.165, 1.54) is 0 Å². The molecule has 90 valence electrons. The minimum atomic E-state index is 0.115. The van der Waals surface area contributed by atoms with Gasteiger partial charge in [-0.1, -0.05) is 23.2 Å². The van der Waals surface area contributed by atoms with Crippen molar-refractivity contribution in [1.82, 2.24) is 4.98 Å². The molecule has 1 atom stereocenters. The Hall–Kier alpha value is -0.610. The molecule has 2 aromatic rings. The van der Waals surface area contributed by atoms with E-state index in [2.05, 4.69) is 4.98 Å². The lowest BCUT2D eigenvalue weighted by atomic mass is 10.2. The Kier molecular flexibility index (Phi) is 4.05. The largest absolute Gasteiger partial charge is 0.328 e. The van der Waals surface area contributed by atoms with Crippen LogP contribution >= 0.6 is 34.5 Å². The van der Waals surface area contributed by atoms with Crippen LogP contribution in [0, 0.1) is 0 Å². The summed E-state index contributed by atoms with van der Waals surface area (Å²) in [5.41, 5.74) is 7.47. The third-order valence-electron chi connectivity index (χ3n) is 2.25. The molecule has 0 radical (unpaired) electrons. The smallest absolute Gasteiger partial charge is 0.0947 e. The highest BCUT2D eigenvalue weighted by Gasteiger charge is 2.09. The summed E-state index contributed by atoms with van der Waals surface area (Å²) in [6.45, 7) is 1.97. The molecule has 5 heteroatoms. The third-order valence-corrected chi connectivity index (χ3v) is 3.69. The first-order valence-corrected chi connectivity index (χ1v) is 6.85. The van der Waals surface area contributed by atoms with Crippen LogP contribution in [0.4, 0.5) is 0 Å². The first-order chi connectivity index (χ1) is 8.06. The van der Waals surface area contributed by atoms with Crippen LogP contribution in [0.1, 0.15) is 11.9 Å². The maximum absolute atomic E-state index is 6.13. The van der Waals surface area contributed by atoms with Gasteiger partial charge in [0, 0.05) is 28.4 Å². The fraction of sp³-hybridized carbons (Fsp3) is 0.250. The number of hydrogen-bond donors (Lipinski definition) is 1. The average Bonchev–Trinajstić information content (AvgIpc) is 2.69. The lowest BCUT2D eigenvalue weighted by molar-refractivity contribution is 0.734. The van der Waals surface area contributed by atoms with Crippen molar-refractivity contribution in [2.24, 2.45) is 5.73 Å². The van der Waals surface area contributed by atoms with E-state index in [0.29, 0.717) is 10.0 Å². The quantitative estimate of drug-likeness (QED) is 0.926. The van der Waals surface area contributed by atoms with Gasteiger partial charge in [-0.25, -0.2) is 4.98 Å². The summed E-state index contributed by atoms with van der Waals surface area (Å²) < 4.78 is 0. The first-order valence-electron chi connectivity index (χ1n) is 5.21. The van der Waals surface area contributed by atoms with Gasteiger partial charge in [0.15, 0.2) is 0 Å². The topological polar surface area (TPSA) is 38.9 Å². The van der Waals surface area contributed by atoms with Crippen molar-refractivity contribution in [3.8, 4) is 11.3 Å². The molecule has 2 nitrogen and oxygen atoms in total. The Morgan fingerprint density at radius 2 is 2.18 bits per heavy atom. The molecular formula is C12H12Cl2N2S. The molecule has 1 unspecified atom stereocenters. The van der Waals surface area contributed by atoms with Crippen molar-refractivity contribution in [3.05, 3.63) is 38.6 Å².